The molecular weight excluding hydrogens is 230 g/mol. The van der Waals surface area contributed by atoms with Gasteiger partial charge in [-0.15, -0.1) is 22.7 Å². The average molecular weight is 239 g/mol. The number of carbonyl (C=O) groups is 1. The van der Waals surface area contributed by atoms with Gasteiger partial charge in [-0.25, -0.2) is 4.98 Å². The van der Waals surface area contributed by atoms with Gasteiger partial charge in [0.05, 0.1) is 22.0 Å². The van der Waals surface area contributed by atoms with E-state index in [0.717, 1.165) is 20.5 Å². The van der Waals surface area contributed by atoms with Crippen LogP contribution in [-0.4, -0.2) is 16.1 Å². The van der Waals surface area contributed by atoms with Crippen molar-refractivity contribution in [1.82, 2.24) is 4.98 Å². The van der Waals surface area contributed by atoms with Crippen LogP contribution in [0, 0.1) is 6.92 Å². The van der Waals surface area contributed by atoms with Gasteiger partial charge in [-0.05, 0) is 18.4 Å². The zero-order chi connectivity index (χ0) is 10.8. The molecule has 3 nitrogen and oxygen atoms in total. The summed E-state index contributed by atoms with van der Waals surface area (Å²) in [6, 6.07) is 3.91. The lowest BCUT2D eigenvalue weighted by atomic mass is 10.2. The van der Waals surface area contributed by atoms with E-state index in [1.54, 1.807) is 11.3 Å². The molecule has 0 aliphatic heterocycles. The Morgan fingerprint density at radius 1 is 1.60 bits per heavy atom. The molecule has 0 radical (unpaired) electrons. The molecule has 0 atom stereocenters. The van der Waals surface area contributed by atoms with Gasteiger partial charge in [0, 0.05) is 4.88 Å². The molecule has 2 aromatic rings. The first-order valence-corrected chi connectivity index (χ1v) is 6.08. The van der Waals surface area contributed by atoms with E-state index in [-0.39, 0.29) is 6.42 Å². The van der Waals surface area contributed by atoms with E-state index < -0.39 is 5.97 Å². The van der Waals surface area contributed by atoms with Crippen LogP contribution in [-0.2, 0) is 11.2 Å². The SMILES string of the molecule is Cc1nc(-c2cccs2)c(CC(=O)O)s1. The molecule has 0 amide bonds. The third-order valence-electron chi connectivity index (χ3n) is 1.87. The van der Waals surface area contributed by atoms with E-state index >= 15 is 0 Å². The number of hydrogen-bond donors (Lipinski definition) is 1. The molecule has 0 bridgehead atoms. The number of thiazole rings is 1. The number of aromatic nitrogens is 1. The van der Waals surface area contributed by atoms with Crippen LogP contribution >= 0.6 is 22.7 Å². The topological polar surface area (TPSA) is 50.2 Å². The van der Waals surface area contributed by atoms with Gasteiger partial charge in [-0.2, -0.15) is 0 Å². The summed E-state index contributed by atoms with van der Waals surface area (Å²) in [6.45, 7) is 1.90. The minimum absolute atomic E-state index is 0.0543. The second-order valence-electron chi connectivity index (χ2n) is 3.05. The smallest absolute Gasteiger partial charge is 0.308 e. The van der Waals surface area contributed by atoms with E-state index in [2.05, 4.69) is 4.98 Å². The lowest BCUT2D eigenvalue weighted by Crippen LogP contribution is -1.98. The summed E-state index contributed by atoms with van der Waals surface area (Å²) in [5, 5.41) is 11.7. The zero-order valence-corrected chi connectivity index (χ0v) is 9.69. The first-order valence-electron chi connectivity index (χ1n) is 4.39. The quantitative estimate of drug-likeness (QED) is 0.896. The minimum Gasteiger partial charge on any atom is -0.481 e. The molecular formula is C10H9NO2S2. The van der Waals surface area contributed by atoms with E-state index in [1.165, 1.54) is 11.3 Å². The Kier molecular flexibility index (Phi) is 2.83. The third kappa shape index (κ3) is 2.24. The highest BCUT2D eigenvalue weighted by Crippen LogP contribution is 2.31. The summed E-state index contributed by atoms with van der Waals surface area (Å²) < 4.78 is 0. The van der Waals surface area contributed by atoms with Crippen molar-refractivity contribution in [2.24, 2.45) is 0 Å². The molecule has 15 heavy (non-hydrogen) atoms. The van der Waals surface area contributed by atoms with Crippen LogP contribution in [0.3, 0.4) is 0 Å². The molecule has 0 saturated heterocycles. The van der Waals surface area contributed by atoms with Crippen LogP contribution in [0.1, 0.15) is 9.88 Å². The number of carboxylic acids is 1. The summed E-state index contributed by atoms with van der Waals surface area (Å²) in [6.07, 6.45) is 0.0543. The third-order valence-corrected chi connectivity index (χ3v) is 3.72. The van der Waals surface area contributed by atoms with E-state index in [1.807, 2.05) is 24.4 Å². The Bertz CT molecular complexity index is 474. The van der Waals surface area contributed by atoms with Crippen LogP contribution in [0.25, 0.3) is 10.6 Å². The zero-order valence-electron chi connectivity index (χ0n) is 8.06. The van der Waals surface area contributed by atoms with Gasteiger partial charge in [-0.1, -0.05) is 6.07 Å². The Balaban J connectivity index is 2.42. The van der Waals surface area contributed by atoms with Crippen molar-refractivity contribution in [3.63, 3.8) is 0 Å². The highest BCUT2D eigenvalue weighted by Gasteiger charge is 2.14. The van der Waals surface area contributed by atoms with Gasteiger partial charge < -0.3 is 5.11 Å². The second kappa shape index (κ2) is 4.12. The van der Waals surface area contributed by atoms with Gasteiger partial charge >= 0.3 is 5.97 Å². The van der Waals surface area contributed by atoms with Gasteiger partial charge in [-0.3, -0.25) is 4.79 Å². The number of aryl methyl sites for hydroxylation is 1. The predicted octanol–water partition coefficient (Wildman–Crippen LogP) is 2.81. The molecule has 0 fully saturated rings. The highest BCUT2D eigenvalue weighted by atomic mass is 32.1. The Morgan fingerprint density at radius 3 is 3.00 bits per heavy atom. The Hall–Kier alpha value is -1.20. The van der Waals surface area contributed by atoms with Crippen molar-refractivity contribution in [3.05, 3.63) is 27.4 Å². The maximum atomic E-state index is 10.7. The number of thiophene rings is 1. The van der Waals surface area contributed by atoms with E-state index in [9.17, 15) is 4.79 Å². The molecule has 0 saturated carbocycles. The molecule has 2 aromatic heterocycles. The number of carboxylic acid groups (broad SMARTS) is 1. The van der Waals surface area contributed by atoms with E-state index in [0.29, 0.717) is 0 Å². The first-order chi connectivity index (χ1) is 7.16. The van der Waals surface area contributed by atoms with Crippen LogP contribution in [0.15, 0.2) is 17.5 Å². The predicted molar refractivity (Wildman–Crippen MR) is 61.5 cm³/mol. The summed E-state index contributed by atoms with van der Waals surface area (Å²) in [4.78, 5) is 16.9. The number of rotatable bonds is 3. The summed E-state index contributed by atoms with van der Waals surface area (Å²) >= 11 is 3.04. The molecule has 0 spiro atoms. The molecule has 2 heterocycles. The monoisotopic (exact) mass is 239 g/mol. The molecule has 0 aliphatic carbocycles. The standard InChI is InChI=1S/C10H9NO2S2/c1-6-11-10(7-3-2-4-14-7)8(15-6)5-9(12)13/h2-4H,5H2,1H3,(H,12,13). The lowest BCUT2D eigenvalue weighted by molar-refractivity contribution is -0.136. The maximum Gasteiger partial charge on any atom is 0.308 e. The fourth-order valence-electron chi connectivity index (χ4n) is 1.33. The fraction of sp³-hybridized carbons (Fsp3) is 0.200. The van der Waals surface area contributed by atoms with Crippen LogP contribution in [0.4, 0.5) is 0 Å². The van der Waals surface area contributed by atoms with Gasteiger partial charge in [0.1, 0.15) is 0 Å². The summed E-state index contributed by atoms with van der Waals surface area (Å²) in [5.74, 6) is -0.809. The normalized spacial score (nSPS) is 10.5. The van der Waals surface area contributed by atoms with E-state index in [4.69, 9.17) is 5.11 Å². The molecule has 0 aliphatic rings. The van der Waals surface area contributed by atoms with Gasteiger partial charge in [0.25, 0.3) is 0 Å². The van der Waals surface area contributed by atoms with Crippen LogP contribution < -0.4 is 0 Å². The second-order valence-corrected chi connectivity index (χ2v) is 5.29. The molecule has 2 rings (SSSR count). The van der Waals surface area contributed by atoms with Crippen molar-refractivity contribution in [3.8, 4) is 10.6 Å². The minimum atomic E-state index is -0.809. The van der Waals surface area contributed by atoms with Crippen molar-refractivity contribution in [2.45, 2.75) is 13.3 Å². The largest absolute Gasteiger partial charge is 0.481 e. The molecule has 0 unspecified atom stereocenters. The van der Waals surface area contributed by atoms with Gasteiger partial charge in [0.2, 0.25) is 0 Å². The van der Waals surface area contributed by atoms with Gasteiger partial charge in [0.15, 0.2) is 0 Å². The molecule has 5 heteroatoms. The molecule has 78 valence electrons. The number of hydrogen-bond acceptors (Lipinski definition) is 4. The Labute approximate surface area is 95.0 Å². The van der Waals surface area contributed by atoms with Crippen molar-refractivity contribution in [1.29, 1.82) is 0 Å². The van der Waals surface area contributed by atoms with Crippen molar-refractivity contribution in [2.75, 3.05) is 0 Å². The summed E-state index contributed by atoms with van der Waals surface area (Å²) in [5.41, 5.74) is 0.829. The number of aliphatic carboxylic acids is 1. The van der Waals surface area contributed by atoms with Crippen molar-refractivity contribution >= 4 is 28.6 Å². The number of nitrogens with zero attached hydrogens (tertiary/aromatic N) is 1. The van der Waals surface area contributed by atoms with Crippen molar-refractivity contribution < 1.29 is 9.90 Å². The Morgan fingerprint density at radius 2 is 2.40 bits per heavy atom. The first kappa shape index (κ1) is 10.3. The highest BCUT2D eigenvalue weighted by molar-refractivity contribution is 7.15. The summed E-state index contributed by atoms with van der Waals surface area (Å²) in [7, 11) is 0. The van der Waals surface area contributed by atoms with Crippen LogP contribution in [0.2, 0.25) is 0 Å². The molecule has 0 aromatic carbocycles. The maximum absolute atomic E-state index is 10.7. The lowest BCUT2D eigenvalue weighted by Gasteiger charge is -1.95. The van der Waals surface area contributed by atoms with Crippen LogP contribution in [0.5, 0.6) is 0 Å². The molecule has 1 N–H and O–H groups in total. The fourth-order valence-corrected chi connectivity index (χ4v) is 3.08. The average Bonchev–Trinajstić information content (AvgIpc) is 2.72.